The summed E-state index contributed by atoms with van der Waals surface area (Å²) in [5, 5.41) is 13.4. The van der Waals surface area contributed by atoms with Crippen LogP contribution in [0.1, 0.15) is 26.2 Å². The Labute approximate surface area is 124 Å². The average Bonchev–Trinajstić information content (AvgIpc) is 2.96. The van der Waals surface area contributed by atoms with Crippen molar-refractivity contribution in [2.75, 3.05) is 0 Å². The zero-order chi connectivity index (χ0) is 15.3. The number of carbonyl (C=O) groups is 1. The van der Waals surface area contributed by atoms with Crippen molar-refractivity contribution in [1.82, 2.24) is 9.78 Å². The SMILES string of the molecule is CCC(N)(CCCn1cc(-c2ccccc2)cn1)C(=O)O. The second-order valence-electron chi connectivity index (χ2n) is 5.28. The first kappa shape index (κ1) is 15.3. The van der Waals surface area contributed by atoms with Crippen molar-refractivity contribution in [3.8, 4) is 11.1 Å². The van der Waals surface area contributed by atoms with Crippen LogP contribution in [0.5, 0.6) is 0 Å². The predicted octanol–water partition coefficient (Wildman–Crippen LogP) is 2.52. The van der Waals surface area contributed by atoms with Gasteiger partial charge < -0.3 is 10.8 Å². The van der Waals surface area contributed by atoms with E-state index in [1.807, 2.05) is 47.4 Å². The highest BCUT2D eigenvalue weighted by molar-refractivity contribution is 5.78. The van der Waals surface area contributed by atoms with Crippen LogP contribution in [0.25, 0.3) is 11.1 Å². The van der Waals surface area contributed by atoms with Gasteiger partial charge in [-0.1, -0.05) is 37.3 Å². The maximum absolute atomic E-state index is 11.1. The molecule has 0 aliphatic heterocycles. The molecule has 0 radical (unpaired) electrons. The minimum atomic E-state index is -1.13. The van der Waals surface area contributed by atoms with Gasteiger partial charge in [0.05, 0.1) is 6.20 Å². The molecule has 2 rings (SSSR count). The first-order valence-electron chi connectivity index (χ1n) is 7.15. The van der Waals surface area contributed by atoms with E-state index in [2.05, 4.69) is 5.10 Å². The summed E-state index contributed by atoms with van der Waals surface area (Å²) in [7, 11) is 0. The van der Waals surface area contributed by atoms with Crippen molar-refractivity contribution in [2.45, 2.75) is 38.3 Å². The van der Waals surface area contributed by atoms with Crippen LogP contribution in [0.2, 0.25) is 0 Å². The number of hydrogen-bond donors (Lipinski definition) is 2. The standard InChI is InChI=1S/C16H21N3O2/c1-2-16(17,15(20)21)9-6-10-19-12-14(11-18-19)13-7-4-3-5-8-13/h3-5,7-8,11-12H,2,6,9-10,17H2,1H3,(H,20,21). The first-order valence-corrected chi connectivity index (χ1v) is 7.15. The Bertz CT molecular complexity index is 595. The molecule has 21 heavy (non-hydrogen) atoms. The smallest absolute Gasteiger partial charge is 0.323 e. The summed E-state index contributed by atoms with van der Waals surface area (Å²) >= 11 is 0. The molecular formula is C16H21N3O2. The number of carboxylic acid groups (broad SMARTS) is 1. The molecule has 5 heteroatoms. The van der Waals surface area contributed by atoms with E-state index in [-0.39, 0.29) is 0 Å². The summed E-state index contributed by atoms with van der Waals surface area (Å²) in [4.78, 5) is 11.1. The summed E-state index contributed by atoms with van der Waals surface area (Å²) in [5.41, 5.74) is 6.92. The van der Waals surface area contributed by atoms with Gasteiger partial charge in [-0.15, -0.1) is 0 Å². The Morgan fingerprint density at radius 1 is 1.33 bits per heavy atom. The van der Waals surface area contributed by atoms with Crippen molar-refractivity contribution in [3.05, 3.63) is 42.7 Å². The summed E-state index contributed by atoms with van der Waals surface area (Å²) in [6.45, 7) is 2.47. The Balaban J connectivity index is 1.93. The molecule has 0 bridgehead atoms. The van der Waals surface area contributed by atoms with Crippen LogP contribution in [0.4, 0.5) is 0 Å². The van der Waals surface area contributed by atoms with Gasteiger partial charge in [0.1, 0.15) is 5.54 Å². The molecule has 112 valence electrons. The average molecular weight is 287 g/mol. The molecule has 1 aromatic carbocycles. The van der Waals surface area contributed by atoms with Crippen molar-refractivity contribution >= 4 is 5.97 Å². The van der Waals surface area contributed by atoms with Crippen molar-refractivity contribution < 1.29 is 9.90 Å². The molecule has 1 unspecified atom stereocenters. The zero-order valence-corrected chi connectivity index (χ0v) is 12.2. The Kier molecular flexibility index (Phi) is 4.75. The normalized spacial score (nSPS) is 13.8. The summed E-state index contributed by atoms with van der Waals surface area (Å²) in [6.07, 6.45) is 5.35. The number of aliphatic carboxylic acids is 1. The minimum absolute atomic E-state index is 0.427. The monoisotopic (exact) mass is 287 g/mol. The molecule has 0 aliphatic rings. The van der Waals surface area contributed by atoms with E-state index in [1.54, 1.807) is 6.92 Å². The van der Waals surface area contributed by atoms with Crippen LogP contribution in [0, 0.1) is 0 Å². The van der Waals surface area contributed by atoms with Gasteiger partial charge in [-0.3, -0.25) is 9.48 Å². The number of hydrogen-bond acceptors (Lipinski definition) is 3. The molecular weight excluding hydrogens is 266 g/mol. The van der Waals surface area contributed by atoms with E-state index in [0.717, 1.165) is 11.1 Å². The summed E-state index contributed by atoms with van der Waals surface area (Å²) < 4.78 is 1.83. The van der Waals surface area contributed by atoms with Crippen LogP contribution in [-0.4, -0.2) is 26.4 Å². The van der Waals surface area contributed by atoms with E-state index in [9.17, 15) is 4.79 Å². The zero-order valence-electron chi connectivity index (χ0n) is 12.2. The lowest BCUT2D eigenvalue weighted by molar-refractivity contribution is -0.143. The van der Waals surface area contributed by atoms with Crippen LogP contribution in [-0.2, 0) is 11.3 Å². The van der Waals surface area contributed by atoms with E-state index in [1.165, 1.54) is 0 Å². The highest BCUT2D eigenvalue weighted by Gasteiger charge is 2.30. The molecule has 0 saturated carbocycles. The Morgan fingerprint density at radius 3 is 2.67 bits per heavy atom. The quantitative estimate of drug-likeness (QED) is 0.820. The Morgan fingerprint density at radius 2 is 2.05 bits per heavy atom. The van der Waals surface area contributed by atoms with Gasteiger partial charge in [0.25, 0.3) is 0 Å². The fourth-order valence-electron chi connectivity index (χ4n) is 2.26. The van der Waals surface area contributed by atoms with Gasteiger partial charge in [-0.25, -0.2) is 0 Å². The maximum atomic E-state index is 11.1. The first-order chi connectivity index (χ1) is 10.0. The molecule has 1 atom stereocenters. The van der Waals surface area contributed by atoms with Crippen LogP contribution in [0.3, 0.4) is 0 Å². The summed E-state index contributed by atoms with van der Waals surface area (Å²) in [5.74, 6) is -0.935. The van der Waals surface area contributed by atoms with Gasteiger partial charge in [0.2, 0.25) is 0 Å². The van der Waals surface area contributed by atoms with Gasteiger partial charge in [0, 0.05) is 18.3 Å². The largest absolute Gasteiger partial charge is 0.480 e. The number of aromatic nitrogens is 2. The minimum Gasteiger partial charge on any atom is -0.480 e. The maximum Gasteiger partial charge on any atom is 0.323 e. The molecule has 1 aromatic heterocycles. The number of aryl methyl sites for hydroxylation is 1. The lowest BCUT2D eigenvalue weighted by Crippen LogP contribution is -2.47. The molecule has 0 aliphatic carbocycles. The topological polar surface area (TPSA) is 81.1 Å². The highest BCUT2D eigenvalue weighted by atomic mass is 16.4. The van der Waals surface area contributed by atoms with Crippen molar-refractivity contribution in [2.24, 2.45) is 5.73 Å². The lowest BCUT2D eigenvalue weighted by atomic mass is 9.92. The number of carboxylic acids is 1. The van der Waals surface area contributed by atoms with Gasteiger partial charge >= 0.3 is 5.97 Å². The molecule has 0 fully saturated rings. The molecule has 0 saturated heterocycles. The van der Waals surface area contributed by atoms with Gasteiger partial charge in [-0.2, -0.15) is 5.10 Å². The van der Waals surface area contributed by atoms with Crippen LogP contribution in [0.15, 0.2) is 42.7 Å². The van der Waals surface area contributed by atoms with E-state index in [4.69, 9.17) is 10.8 Å². The van der Waals surface area contributed by atoms with Crippen LogP contribution >= 0.6 is 0 Å². The summed E-state index contributed by atoms with van der Waals surface area (Å²) in [6, 6.07) is 10.0. The number of benzene rings is 1. The number of rotatable bonds is 7. The van der Waals surface area contributed by atoms with Gasteiger partial charge in [-0.05, 0) is 24.8 Å². The Hall–Kier alpha value is -2.14. The fourth-order valence-corrected chi connectivity index (χ4v) is 2.26. The second kappa shape index (κ2) is 6.54. The molecule has 0 spiro atoms. The second-order valence-corrected chi connectivity index (χ2v) is 5.28. The predicted molar refractivity (Wildman–Crippen MR) is 81.7 cm³/mol. The van der Waals surface area contributed by atoms with Crippen molar-refractivity contribution in [1.29, 1.82) is 0 Å². The van der Waals surface area contributed by atoms with E-state index >= 15 is 0 Å². The molecule has 1 heterocycles. The van der Waals surface area contributed by atoms with Crippen LogP contribution < -0.4 is 5.73 Å². The molecule has 3 N–H and O–H groups in total. The third-order valence-corrected chi connectivity index (χ3v) is 3.81. The fraction of sp³-hybridized carbons (Fsp3) is 0.375. The van der Waals surface area contributed by atoms with E-state index in [0.29, 0.717) is 25.8 Å². The lowest BCUT2D eigenvalue weighted by Gasteiger charge is -2.22. The number of nitrogens with two attached hydrogens (primary N) is 1. The van der Waals surface area contributed by atoms with E-state index < -0.39 is 11.5 Å². The third-order valence-electron chi connectivity index (χ3n) is 3.81. The molecule has 2 aromatic rings. The van der Waals surface area contributed by atoms with Crippen molar-refractivity contribution in [3.63, 3.8) is 0 Å². The van der Waals surface area contributed by atoms with Gasteiger partial charge in [0.15, 0.2) is 0 Å². The highest BCUT2D eigenvalue weighted by Crippen LogP contribution is 2.19. The number of nitrogens with zero attached hydrogens (tertiary/aromatic N) is 2. The third kappa shape index (κ3) is 3.70. The molecule has 0 amide bonds. The molecule has 5 nitrogen and oxygen atoms in total.